The topological polar surface area (TPSA) is 129 Å². The molecule has 2 heterocycles. The number of aromatic nitrogens is 4. The molecule has 1 atom stereocenters. The van der Waals surface area contributed by atoms with Crippen molar-refractivity contribution in [1.29, 1.82) is 0 Å². The van der Waals surface area contributed by atoms with Gasteiger partial charge in [-0.15, -0.1) is 0 Å². The molecule has 6 N–H and O–H groups in total. The van der Waals surface area contributed by atoms with Crippen molar-refractivity contribution in [2.45, 2.75) is 26.1 Å². The van der Waals surface area contributed by atoms with E-state index in [4.69, 9.17) is 21.2 Å². The molecule has 0 spiro atoms. The summed E-state index contributed by atoms with van der Waals surface area (Å²) in [6, 6.07) is 15.9. The molecule has 2 aromatic carbocycles. The number of hydrogen-bond acceptors (Lipinski definition) is 8. The molecular weight excluding hydrogens is 404 g/mol. The number of rotatable bonds is 9. The maximum absolute atomic E-state index is 6.23. The first kappa shape index (κ1) is 21.4. The lowest BCUT2D eigenvalue weighted by molar-refractivity contribution is 0.416. The average Bonchev–Trinajstić information content (AvgIpc) is 3.20. The summed E-state index contributed by atoms with van der Waals surface area (Å²) in [5.74, 6) is 1.76. The van der Waals surface area contributed by atoms with Gasteiger partial charge in [-0.05, 0) is 24.1 Å². The molecule has 0 bridgehead atoms. The Hall–Kier alpha value is -3.85. The largest absolute Gasteiger partial charge is 0.495 e. The van der Waals surface area contributed by atoms with E-state index in [-0.39, 0.29) is 6.04 Å². The fourth-order valence-corrected chi connectivity index (χ4v) is 3.40. The van der Waals surface area contributed by atoms with E-state index in [9.17, 15) is 0 Å². The predicted octanol–water partition coefficient (Wildman–Crippen LogP) is 2.84. The lowest BCUT2D eigenvalue weighted by Gasteiger charge is -2.13. The minimum Gasteiger partial charge on any atom is -0.495 e. The number of para-hydroxylation sites is 1. The quantitative estimate of drug-likeness (QED) is 0.297. The molecule has 166 valence electrons. The second kappa shape index (κ2) is 9.52. The Balaban J connectivity index is 1.67. The van der Waals surface area contributed by atoms with Crippen LogP contribution in [0.5, 0.6) is 5.75 Å². The predicted molar refractivity (Wildman–Crippen MR) is 128 cm³/mol. The number of nitrogens with two attached hydrogens (primary N) is 2. The summed E-state index contributed by atoms with van der Waals surface area (Å²) >= 11 is 0. The number of nitrogens with zero attached hydrogens (tertiary/aromatic N) is 4. The molecule has 32 heavy (non-hydrogen) atoms. The van der Waals surface area contributed by atoms with Crippen molar-refractivity contribution in [3.63, 3.8) is 0 Å². The summed E-state index contributed by atoms with van der Waals surface area (Å²) in [4.78, 5) is 13.9. The molecular formula is C23H28N8O. The van der Waals surface area contributed by atoms with E-state index in [0.717, 1.165) is 16.8 Å². The molecule has 4 rings (SSSR count). The third-order valence-corrected chi connectivity index (χ3v) is 5.06. The Morgan fingerprint density at radius 3 is 2.62 bits per heavy atom. The third kappa shape index (κ3) is 4.73. The van der Waals surface area contributed by atoms with Gasteiger partial charge in [-0.25, -0.2) is 4.98 Å². The van der Waals surface area contributed by atoms with Crippen LogP contribution in [0.3, 0.4) is 0 Å². The zero-order valence-electron chi connectivity index (χ0n) is 18.2. The number of nitrogens with one attached hydrogen (secondary N) is 2. The number of benzene rings is 2. The smallest absolute Gasteiger partial charge is 0.226 e. The van der Waals surface area contributed by atoms with Crippen molar-refractivity contribution in [2.75, 3.05) is 30.0 Å². The summed E-state index contributed by atoms with van der Waals surface area (Å²) in [5, 5.41) is 6.58. The highest BCUT2D eigenvalue weighted by atomic mass is 16.5. The molecule has 0 aliphatic heterocycles. The molecule has 0 amide bonds. The van der Waals surface area contributed by atoms with Gasteiger partial charge in [0, 0.05) is 19.1 Å². The van der Waals surface area contributed by atoms with Crippen LogP contribution in [0, 0.1) is 0 Å². The molecule has 0 saturated carbocycles. The van der Waals surface area contributed by atoms with E-state index < -0.39 is 0 Å². The van der Waals surface area contributed by atoms with Crippen molar-refractivity contribution in [3.8, 4) is 5.75 Å². The first-order valence-corrected chi connectivity index (χ1v) is 10.5. The summed E-state index contributed by atoms with van der Waals surface area (Å²) in [7, 11) is 1.60. The van der Waals surface area contributed by atoms with Gasteiger partial charge >= 0.3 is 0 Å². The number of nitrogen functional groups attached to an aromatic ring is 1. The van der Waals surface area contributed by atoms with Crippen LogP contribution in [-0.2, 0) is 13.1 Å². The molecule has 9 heteroatoms. The van der Waals surface area contributed by atoms with E-state index in [0.29, 0.717) is 48.4 Å². The first-order chi connectivity index (χ1) is 15.5. The second-order valence-corrected chi connectivity index (χ2v) is 7.67. The highest BCUT2D eigenvalue weighted by Crippen LogP contribution is 2.27. The van der Waals surface area contributed by atoms with Crippen LogP contribution < -0.4 is 26.8 Å². The SMILES string of the molecule is COc1cccc(CNc2nc(NCC(C)N)nc3c2ncn3Cc2ccccc2)c1N. The Kier molecular flexibility index (Phi) is 6.37. The molecule has 0 aliphatic carbocycles. The van der Waals surface area contributed by atoms with Gasteiger partial charge in [0.2, 0.25) is 5.95 Å². The standard InChI is InChI=1S/C23H28N8O/c1-15(24)11-27-23-29-21(26-12-17-9-6-10-18(32-2)19(17)25)20-22(30-23)31(14-28-20)13-16-7-4-3-5-8-16/h3-10,14-15H,11-13,24-25H2,1-2H3,(H2,26,27,29,30). The molecule has 2 aromatic heterocycles. The van der Waals surface area contributed by atoms with Crippen molar-refractivity contribution >= 4 is 28.6 Å². The zero-order valence-corrected chi connectivity index (χ0v) is 18.2. The van der Waals surface area contributed by atoms with Crippen LogP contribution in [0.2, 0.25) is 0 Å². The van der Waals surface area contributed by atoms with Crippen LogP contribution in [0.25, 0.3) is 11.2 Å². The molecule has 4 aromatic rings. The van der Waals surface area contributed by atoms with E-state index in [2.05, 4.69) is 32.7 Å². The van der Waals surface area contributed by atoms with Crippen LogP contribution in [0.1, 0.15) is 18.1 Å². The van der Waals surface area contributed by atoms with Crippen LogP contribution in [0.15, 0.2) is 54.9 Å². The van der Waals surface area contributed by atoms with Crippen molar-refractivity contribution in [3.05, 3.63) is 66.0 Å². The number of ether oxygens (including phenoxy) is 1. The average molecular weight is 433 g/mol. The van der Waals surface area contributed by atoms with E-state index in [1.807, 2.05) is 47.9 Å². The lowest BCUT2D eigenvalue weighted by Crippen LogP contribution is -2.26. The Morgan fingerprint density at radius 2 is 1.88 bits per heavy atom. The molecule has 0 aliphatic rings. The monoisotopic (exact) mass is 432 g/mol. The minimum atomic E-state index is -0.0310. The van der Waals surface area contributed by atoms with Gasteiger partial charge in [0.25, 0.3) is 0 Å². The van der Waals surface area contributed by atoms with E-state index in [1.54, 1.807) is 13.4 Å². The summed E-state index contributed by atoms with van der Waals surface area (Å²) in [6.45, 7) is 3.60. The summed E-state index contributed by atoms with van der Waals surface area (Å²) in [6.07, 6.45) is 1.78. The maximum Gasteiger partial charge on any atom is 0.226 e. The fourth-order valence-electron chi connectivity index (χ4n) is 3.40. The fraction of sp³-hybridized carbons (Fsp3) is 0.261. The number of hydrogen-bond donors (Lipinski definition) is 4. The molecule has 0 fully saturated rings. The number of imidazole rings is 1. The summed E-state index contributed by atoms with van der Waals surface area (Å²) in [5.41, 5.74) is 16.2. The molecule has 1 unspecified atom stereocenters. The highest BCUT2D eigenvalue weighted by molar-refractivity contribution is 5.84. The molecule has 0 radical (unpaired) electrons. The molecule has 9 nitrogen and oxygen atoms in total. The van der Waals surface area contributed by atoms with Crippen molar-refractivity contribution in [2.24, 2.45) is 5.73 Å². The zero-order chi connectivity index (χ0) is 22.5. The Bertz CT molecular complexity index is 1190. The van der Waals surface area contributed by atoms with Gasteiger partial charge in [0.05, 0.1) is 25.7 Å². The van der Waals surface area contributed by atoms with Gasteiger partial charge < -0.3 is 31.4 Å². The Labute approximate surface area is 186 Å². The van der Waals surface area contributed by atoms with Crippen LogP contribution in [0.4, 0.5) is 17.5 Å². The van der Waals surface area contributed by atoms with E-state index in [1.165, 1.54) is 0 Å². The van der Waals surface area contributed by atoms with Gasteiger partial charge in [-0.1, -0.05) is 42.5 Å². The first-order valence-electron chi connectivity index (χ1n) is 10.5. The van der Waals surface area contributed by atoms with Gasteiger partial charge in [-0.2, -0.15) is 9.97 Å². The normalized spacial score (nSPS) is 12.0. The maximum atomic E-state index is 6.23. The van der Waals surface area contributed by atoms with Gasteiger partial charge in [0.1, 0.15) is 5.75 Å². The van der Waals surface area contributed by atoms with Gasteiger partial charge in [0.15, 0.2) is 17.0 Å². The molecule has 0 saturated heterocycles. The third-order valence-electron chi connectivity index (χ3n) is 5.06. The number of fused-ring (bicyclic) bond motifs is 1. The highest BCUT2D eigenvalue weighted by Gasteiger charge is 2.15. The van der Waals surface area contributed by atoms with E-state index >= 15 is 0 Å². The summed E-state index contributed by atoms with van der Waals surface area (Å²) < 4.78 is 7.33. The number of methoxy groups -OCH3 is 1. The number of anilines is 3. The van der Waals surface area contributed by atoms with Crippen LogP contribution in [-0.4, -0.2) is 39.2 Å². The lowest BCUT2D eigenvalue weighted by atomic mass is 10.1. The van der Waals surface area contributed by atoms with Crippen LogP contribution >= 0.6 is 0 Å². The Morgan fingerprint density at radius 1 is 1.06 bits per heavy atom. The minimum absolute atomic E-state index is 0.0310. The van der Waals surface area contributed by atoms with Crippen molar-refractivity contribution < 1.29 is 4.74 Å². The second-order valence-electron chi connectivity index (χ2n) is 7.67. The van der Waals surface area contributed by atoms with Crippen molar-refractivity contribution in [1.82, 2.24) is 19.5 Å². The van der Waals surface area contributed by atoms with Gasteiger partial charge in [-0.3, -0.25) is 0 Å².